The molecule has 1 amide bonds. The van der Waals surface area contributed by atoms with Crippen molar-refractivity contribution in [2.24, 2.45) is 0 Å². The largest absolute Gasteiger partial charge is 0.439 e. The third-order valence-electron chi connectivity index (χ3n) is 4.88. The van der Waals surface area contributed by atoms with Crippen LogP contribution in [0.4, 0.5) is 18.9 Å². The van der Waals surface area contributed by atoms with Gasteiger partial charge in [-0.2, -0.15) is 18.2 Å². The smallest absolute Gasteiger partial charge is 0.416 e. The molecule has 10 heteroatoms. The number of halogens is 3. The van der Waals surface area contributed by atoms with Crippen molar-refractivity contribution in [3.63, 3.8) is 0 Å². The van der Waals surface area contributed by atoms with Crippen molar-refractivity contribution in [1.82, 2.24) is 19.5 Å². The number of imidazole rings is 1. The Hall–Kier alpha value is -4.21. The van der Waals surface area contributed by atoms with Gasteiger partial charge in [0.2, 0.25) is 11.8 Å². The average molecular weight is 467 g/mol. The fourth-order valence-corrected chi connectivity index (χ4v) is 3.25. The zero-order valence-electron chi connectivity index (χ0n) is 18.3. The van der Waals surface area contributed by atoms with Gasteiger partial charge in [-0.1, -0.05) is 12.1 Å². The molecule has 0 bridgehead atoms. The Morgan fingerprint density at radius 1 is 1.03 bits per heavy atom. The van der Waals surface area contributed by atoms with Crippen LogP contribution in [0.25, 0.3) is 5.82 Å². The number of ether oxygens (including phenoxy) is 1. The number of carbonyl (C=O) groups is 1. The molecule has 0 aliphatic carbocycles. The van der Waals surface area contributed by atoms with E-state index in [-0.39, 0.29) is 12.3 Å². The topological polar surface area (TPSA) is 81.9 Å². The van der Waals surface area contributed by atoms with Crippen LogP contribution >= 0.6 is 0 Å². The third-order valence-corrected chi connectivity index (χ3v) is 4.88. The van der Waals surface area contributed by atoms with Crippen LogP contribution in [0.15, 0.2) is 67.0 Å². The Balaban J connectivity index is 1.38. The first-order valence-electron chi connectivity index (χ1n) is 10.3. The maximum atomic E-state index is 12.7. The first-order chi connectivity index (χ1) is 16.2. The standard InChI is InChI=1S/C24H20F3N5O2/c1-15-29-21(32-12-11-28-16(32)2)14-23(30-15)34-20-9-7-19(8-10-20)31-22(33)13-17-3-5-18(6-4-17)24(25,26)27/h3-12,14H,13H2,1-2H3,(H,31,33). The van der Waals surface area contributed by atoms with E-state index in [1.165, 1.54) is 12.1 Å². The molecule has 0 saturated heterocycles. The summed E-state index contributed by atoms with van der Waals surface area (Å²) in [4.78, 5) is 25.2. The van der Waals surface area contributed by atoms with Gasteiger partial charge in [0.05, 0.1) is 12.0 Å². The number of benzene rings is 2. The monoisotopic (exact) mass is 467 g/mol. The average Bonchev–Trinajstić information content (AvgIpc) is 3.20. The summed E-state index contributed by atoms with van der Waals surface area (Å²) in [6.45, 7) is 3.63. The minimum Gasteiger partial charge on any atom is -0.439 e. The second-order valence-electron chi connectivity index (χ2n) is 7.50. The van der Waals surface area contributed by atoms with Crippen LogP contribution in [0, 0.1) is 13.8 Å². The molecule has 0 aliphatic rings. The zero-order chi connectivity index (χ0) is 24.3. The van der Waals surface area contributed by atoms with E-state index in [9.17, 15) is 18.0 Å². The molecule has 2 heterocycles. The molecular weight excluding hydrogens is 447 g/mol. The summed E-state index contributed by atoms with van der Waals surface area (Å²) in [5, 5.41) is 2.72. The molecule has 0 saturated carbocycles. The second-order valence-corrected chi connectivity index (χ2v) is 7.50. The van der Waals surface area contributed by atoms with Crippen LogP contribution in [0.2, 0.25) is 0 Å². The van der Waals surface area contributed by atoms with E-state index in [1.807, 2.05) is 11.5 Å². The molecular formula is C24H20F3N5O2. The first kappa shape index (κ1) is 23.0. The summed E-state index contributed by atoms with van der Waals surface area (Å²) in [7, 11) is 0. The number of nitrogens with one attached hydrogen (secondary N) is 1. The SMILES string of the molecule is Cc1nc(Oc2ccc(NC(=O)Cc3ccc(C(F)(F)F)cc3)cc2)cc(-n2ccnc2C)n1. The molecule has 0 radical (unpaired) electrons. The third kappa shape index (κ3) is 5.58. The van der Waals surface area contributed by atoms with Crippen LogP contribution in [0.3, 0.4) is 0 Å². The highest BCUT2D eigenvalue weighted by Crippen LogP contribution is 2.29. The van der Waals surface area contributed by atoms with E-state index in [4.69, 9.17) is 4.74 Å². The van der Waals surface area contributed by atoms with Gasteiger partial charge in [-0.25, -0.2) is 9.97 Å². The van der Waals surface area contributed by atoms with Crippen molar-refractivity contribution < 1.29 is 22.7 Å². The molecule has 7 nitrogen and oxygen atoms in total. The molecule has 0 aliphatic heterocycles. The summed E-state index contributed by atoms with van der Waals surface area (Å²) in [5.74, 6) is 2.46. The van der Waals surface area contributed by atoms with Crippen LogP contribution in [-0.4, -0.2) is 25.4 Å². The van der Waals surface area contributed by atoms with Gasteiger partial charge in [0, 0.05) is 24.1 Å². The van der Waals surface area contributed by atoms with Crippen LogP contribution in [0.1, 0.15) is 22.8 Å². The number of aromatic nitrogens is 4. The van der Waals surface area contributed by atoms with Crippen LogP contribution < -0.4 is 10.1 Å². The van der Waals surface area contributed by atoms with E-state index in [0.29, 0.717) is 34.5 Å². The number of alkyl halides is 3. The summed E-state index contributed by atoms with van der Waals surface area (Å²) in [5.41, 5.74) is 0.254. The van der Waals surface area contributed by atoms with Crippen molar-refractivity contribution in [3.8, 4) is 17.4 Å². The molecule has 0 atom stereocenters. The number of hydrogen-bond donors (Lipinski definition) is 1. The van der Waals surface area contributed by atoms with E-state index >= 15 is 0 Å². The van der Waals surface area contributed by atoms with Crippen molar-refractivity contribution in [2.45, 2.75) is 26.4 Å². The molecule has 4 rings (SSSR count). The maximum Gasteiger partial charge on any atom is 0.416 e. The van der Waals surface area contributed by atoms with Crippen molar-refractivity contribution in [1.29, 1.82) is 0 Å². The van der Waals surface area contributed by atoms with Gasteiger partial charge in [0.1, 0.15) is 23.2 Å². The highest BCUT2D eigenvalue weighted by atomic mass is 19.4. The quantitative estimate of drug-likeness (QED) is 0.418. The predicted molar refractivity (Wildman–Crippen MR) is 119 cm³/mol. The highest BCUT2D eigenvalue weighted by molar-refractivity contribution is 5.92. The van der Waals surface area contributed by atoms with Crippen LogP contribution in [-0.2, 0) is 17.4 Å². The first-order valence-corrected chi connectivity index (χ1v) is 10.3. The van der Waals surface area contributed by atoms with Gasteiger partial charge < -0.3 is 10.1 Å². The van der Waals surface area contributed by atoms with Gasteiger partial charge in [-0.3, -0.25) is 9.36 Å². The van der Waals surface area contributed by atoms with Gasteiger partial charge >= 0.3 is 6.18 Å². The molecule has 34 heavy (non-hydrogen) atoms. The molecule has 1 N–H and O–H groups in total. The number of aryl methyl sites for hydroxylation is 2. The molecule has 2 aromatic carbocycles. The van der Waals surface area contributed by atoms with Crippen molar-refractivity contribution in [2.75, 3.05) is 5.32 Å². The molecule has 0 fully saturated rings. The number of nitrogens with zero attached hydrogens (tertiary/aromatic N) is 4. The van der Waals surface area contributed by atoms with E-state index in [1.54, 1.807) is 49.6 Å². The number of amides is 1. The molecule has 174 valence electrons. The minimum absolute atomic E-state index is 0.0486. The van der Waals surface area contributed by atoms with Gasteiger partial charge in [-0.15, -0.1) is 0 Å². The predicted octanol–water partition coefficient (Wildman–Crippen LogP) is 5.27. The van der Waals surface area contributed by atoms with Crippen molar-refractivity contribution >= 4 is 11.6 Å². The van der Waals surface area contributed by atoms with E-state index < -0.39 is 11.7 Å². The van der Waals surface area contributed by atoms with Gasteiger partial charge in [-0.05, 0) is 55.8 Å². The lowest BCUT2D eigenvalue weighted by atomic mass is 10.1. The second kappa shape index (κ2) is 9.34. The Kier molecular flexibility index (Phi) is 6.31. The molecule has 0 spiro atoms. The number of hydrogen-bond acceptors (Lipinski definition) is 5. The number of rotatable bonds is 6. The van der Waals surface area contributed by atoms with Gasteiger partial charge in [0.15, 0.2) is 0 Å². The molecule has 2 aromatic heterocycles. The van der Waals surface area contributed by atoms with Crippen LogP contribution in [0.5, 0.6) is 11.6 Å². The lowest BCUT2D eigenvalue weighted by Gasteiger charge is -2.10. The fraction of sp³-hybridized carbons (Fsp3) is 0.167. The fourth-order valence-electron chi connectivity index (χ4n) is 3.25. The summed E-state index contributed by atoms with van der Waals surface area (Å²) in [6, 6.07) is 12.9. The van der Waals surface area contributed by atoms with E-state index in [0.717, 1.165) is 18.0 Å². The minimum atomic E-state index is -4.41. The Bertz CT molecular complexity index is 1300. The van der Waals surface area contributed by atoms with E-state index in [2.05, 4.69) is 20.3 Å². The Labute approximate surface area is 193 Å². The van der Waals surface area contributed by atoms with Crippen molar-refractivity contribution in [3.05, 3.63) is 89.8 Å². The Morgan fingerprint density at radius 2 is 1.74 bits per heavy atom. The number of anilines is 1. The lowest BCUT2D eigenvalue weighted by Crippen LogP contribution is -2.14. The molecule has 0 unspecified atom stereocenters. The maximum absolute atomic E-state index is 12.7. The summed E-state index contributed by atoms with van der Waals surface area (Å²) < 4.78 is 45.6. The number of carbonyl (C=O) groups excluding carboxylic acids is 1. The summed E-state index contributed by atoms with van der Waals surface area (Å²) in [6.07, 6.45) is -0.983. The Morgan fingerprint density at radius 3 is 2.35 bits per heavy atom. The molecule has 4 aromatic rings. The normalized spacial score (nSPS) is 11.3. The zero-order valence-corrected chi connectivity index (χ0v) is 18.3. The lowest BCUT2D eigenvalue weighted by molar-refractivity contribution is -0.137. The summed E-state index contributed by atoms with van der Waals surface area (Å²) >= 11 is 0. The van der Waals surface area contributed by atoms with Gasteiger partial charge in [0.25, 0.3) is 0 Å². The highest BCUT2D eigenvalue weighted by Gasteiger charge is 2.29.